The number of unbranched alkanes of at least 4 members (excludes halogenated alkanes) is 1. The van der Waals surface area contributed by atoms with Crippen molar-refractivity contribution in [2.75, 3.05) is 6.54 Å². The van der Waals surface area contributed by atoms with Crippen molar-refractivity contribution in [3.8, 4) is 0 Å². The SMILES string of the molecule is CCCCN1NC(C)C(C(C)=O)=C1Cc1ccc(Br)cc1. The number of hydrogen-bond donors (Lipinski definition) is 1. The zero-order valence-electron chi connectivity index (χ0n) is 12.9. The van der Waals surface area contributed by atoms with Crippen molar-refractivity contribution in [3.05, 3.63) is 45.6 Å². The molecule has 0 radical (unpaired) electrons. The molecule has 1 unspecified atom stereocenters. The van der Waals surface area contributed by atoms with Crippen LogP contribution in [0.3, 0.4) is 0 Å². The van der Waals surface area contributed by atoms with Crippen molar-refractivity contribution in [3.63, 3.8) is 0 Å². The Bertz CT molecular complexity index is 536. The number of rotatable bonds is 6. The molecule has 2 rings (SSSR count). The van der Waals surface area contributed by atoms with Gasteiger partial charge < -0.3 is 5.01 Å². The summed E-state index contributed by atoms with van der Waals surface area (Å²) >= 11 is 3.46. The standard InChI is InChI=1S/C17H23BrN2O/c1-4-5-10-20-16(17(13(3)21)12(2)19-20)11-14-6-8-15(18)9-7-14/h6-9,12,19H,4-5,10-11H2,1-3H3. The Morgan fingerprint density at radius 3 is 2.57 bits per heavy atom. The lowest BCUT2D eigenvalue weighted by Crippen LogP contribution is -2.37. The van der Waals surface area contributed by atoms with Crippen LogP contribution in [0.2, 0.25) is 0 Å². The van der Waals surface area contributed by atoms with Crippen molar-refractivity contribution in [1.82, 2.24) is 10.4 Å². The third-order valence-corrected chi connectivity index (χ3v) is 4.35. The fraction of sp³-hybridized carbons (Fsp3) is 0.471. The molecule has 1 aliphatic heterocycles. The van der Waals surface area contributed by atoms with Crippen molar-refractivity contribution in [1.29, 1.82) is 0 Å². The van der Waals surface area contributed by atoms with Crippen LogP contribution in [0.5, 0.6) is 0 Å². The van der Waals surface area contributed by atoms with Crippen molar-refractivity contribution >= 4 is 21.7 Å². The number of halogens is 1. The fourth-order valence-electron chi connectivity index (χ4n) is 2.78. The van der Waals surface area contributed by atoms with E-state index in [0.29, 0.717) is 0 Å². The maximum Gasteiger partial charge on any atom is 0.159 e. The normalized spacial score (nSPS) is 18.5. The van der Waals surface area contributed by atoms with Crippen LogP contribution in [0.15, 0.2) is 40.0 Å². The average molecular weight is 351 g/mol. The molecule has 0 bridgehead atoms. The second kappa shape index (κ2) is 7.23. The molecule has 1 aliphatic rings. The number of allylic oxidation sites excluding steroid dienone is 1. The van der Waals surface area contributed by atoms with Crippen LogP contribution in [-0.4, -0.2) is 23.4 Å². The topological polar surface area (TPSA) is 32.3 Å². The summed E-state index contributed by atoms with van der Waals surface area (Å²) in [6, 6.07) is 8.41. The first-order chi connectivity index (χ1) is 10.0. The van der Waals surface area contributed by atoms with Crippen LogP contribution < -0.4 is 5.43 Å². The molecule has 0 amide bonds. The van der Waals surface area contributed by atoms with Gasteiger partial charge in [-0.15, -0.1) is 0 Å². The Morgan fingerprint density at radius 2 is 2.00 bits per heavy atom. The van der Waals surface area contributed by atoms with E-state index in [9.17, 15) is 4.79 Å². The summed E-state index contributed by atoms with van der Waals surface area (Å²) in [6.07, 6.45) is 3.06. The Labute approximate surface area is 135 Å². The minimum atomic E-state index is 0.102. The number of Topliss-reactive ketones (excluding diaryl/α,β-unsaturated/α-hetero) is 1. The van der Waals surface area contributed by atoms with Gasteiger partial charge >= 0.3 is 0 Å². The first-order valence-electron chi connectivity index (χ1n) is 7.55. The molecule has 1 heterocycles. The van der Waals surface area contributed by atoms with E-state index in [-0.39, 0.29) is 11.8 Å². The summed E-state index contributed by atoms with van der Waals surface area (Å²) in [5, 5.41) is 2.17. The highest BCUT2D eigenvalue weighted by Gasteiger charge is 2.30. The van der Waals surface area contributed by atoms with Crippen LogP contribution >= 0.6 is 15.9 Å². The van der Waals surface area contributed by atoms with Gasteiger partial charge in [-0.3, -0.25) is 4.79 Å². The lowest BCUT2D eigenvalue weighted by molar-refractivity contribution is -0.113. The van der Waals surface area contributed by atoms with E-state index < -0.39 is 0 Å². The largest absolute Gasteiger partial charge is 0.311 e. The van der Waals surface area contributed by atoms with E-state index in [0.717, 1.165) is 41.6 Å². The highest BCUT2D eigenvalue weighted by molar-refractivity contribution is 9.10. The molecule has 1 atom stereocenters. The van der Waals surface area contributed by atoms with E-state index >= 15 is 0 Å². The van der Waals surface area contributed by atoms with Crippen LogP contribution in [0.1, 0.15) is 39.2 Å². The summed E-state index contributed by atoms with van der Waals surface area (Å²) in [5.41, 5.74) is 6.71. The van der Waals surface area contributed by atoms with Crippen LogP contribution in [0.4, 0.5) is 0 Å². The number of hydrogen-bond acceptors (Lipinski definition) is 3. The van der Waals surface area contributed by atoms with Gasteiger partial charge in [-0.1, -0.05) is 41.4 Å². The molecule has 0 saturated carbocycles. The van der Waals surface area contributed by atoms with Gasteiger partial charge in [0.05, 0.1) is 6.04 Å². The van der Waals surface area contributed by atoms with Gasteiger partial charge in [-0.25, -0.2) is 5.43 Å². The summed E-state index contributed by atoms with van der Waals surface area (Å²) in [4.78, 5) is 12.0. The highest BCUT2D eigenvalue weighted by Crippen LogP contribution is 2.26. The average Bonchev–Trinajstić information content (AvgIpc) is 2.75. The minimum absolute atomic E-state index is 0.102. The second-order valence-electron chi connectivity index (χ2n) is 5.58. The maximum atomic E-state index is 12.0. The van der Waals surface area contributed by atoms with E-state index in [2.05, 4.69) is 52.3 Å². The monoisotopic (exact) mass is 350 g/mol. The van der Waals surface area contributed by atoms with Crippen LogP contribution in [-0.2, 0) is 11.2 Å². The Kier molecular flexibility index (Phi) is 5.59. The number of nitrogens with zero attached hydrogens (tertiary/aromatic N) is 1. The lowest BCUT2D eigenvalue weighted by Gasteiger charge is -2.23. The molecule has 1 aromatic rings. The number of benzene rings is 1. The number of ketones is 1. The molecule has 21 heavy (non-hydrogen) atoms. The maximum absolute atomic E-state index is 12.0. The molecule has 0 saturated heterocycles. The lowest BCUT2D eigenvalue weighted by atomic mass is 10.00. The van der Waals surface area contributed by atoms with Crippen molar-refractivity contribution in [2.24, 2.45) is 0 Å². The molecule has 4 heteroatoms. The summed E-state index contributed by atoms with van der Waals surface area (Å²) < 4.78 is 1.08. The van der Waals surface area contributed by atoms with Crippen molar-refractivity contribution < 1.29 is 4.79 Å². The Balaban J connectivity index is 2.27. The van der Waals surface area contributed by atoms with Crippen molar-refractivity contribution in [2.45, 2.75) is 46.1 Å². The predicted octanol–water partition coefficient (Wildman–Crippen LogP) is 3.84. The van der Waals surface area contributed by atoms with Crippen LogP contribution in [0, 0.1) is 0 Å². The molecular formula is C17H23BrN2O. The number of hydrazine groups is 1. The van der Waals surface area contributed by atoms with E-state index in [1.165, 1.54) is 5.56 Å². The Hall–Kier alpha value is -1.13. The third-order valence-electron chi connectivity index (χ3n) is 3.82. The molecular weight excluding hydrogens is 328 g/mol. The van der Waals surface area contributed by atoms with Gasteiger partial charge in [0.25, 0.3) is 0 Å². The van der Waals surface area contributed by atoms with Gasteiger partial charge in [-0.2, -0.15) is 0 Å². The summed E-state index contributed by atoms with van der Waals surface area (Å²) in [6.45, 7) is 6.86. The smallest absolute Gasteiger partial charge is 0.159 e. The summed E-state index contributed by atoms with van der Waals surface area (Å²) in [7, 11) is 0. The van der Waals surface area contributed by atoms with Gasteiger partial charge in [0, 0.05) is 28.7 Å². The first kappa shape index (κ1) is 16.2. The number of carbonyl (C=O) groups is 1. The third kappa shape index (κ3) is 3.95. The van der Waals surface area contributed by atoms with E-state index in [1.54, 1.807) is 6.92 Å². The number of carbonyl (C=O) groups excluding carboxylic acids is 1. The van der Waals surface area contributed by atoms with Gasteiger partial charge in [0.1, 0.15) is 0 Å². The highest BCUT2D eigenvalue weighted by atomic mass is 79.9. The van der Waals surface area contributed by atoms with Crippen LogP contribution in [0.25, 0.3) is 0 Å². The molecule has 114 valence electrons. The molecule has 0 aliphatic carbocycles. The summed E-state index contributed by atoms with van der Waals surface area (Å²) in [5.74, 6) is 0.168. The zero-order valence-corrected chi connectivity index (χ0v) is 14.5. The quantitative estimate of drug-likeness (QED) is 0.845. The van der Waals surface area contributed by atoms with E-state index in [4.69, 9.17) is 0 Å². The Morgan fingerprint density at radius 1 is 1.33 bits per heavy atom. The zero-order chi connectivity index (χ0) is 15.4. The molecule has 1 aromatic carbocycles. The first-order valence-corrected chi connectivity index (χ1v) is 8.34. The fourth-order valence-corrected chi connectivity index (χ4v) is 3.05. The second-order valence-corrected chi connectivity index (χ2v) is 6.49. The van der Waals surface area contributed by atoms with Gasteiger partial charge in [-0.05, 0) is 38.0 Å². The van der Waals surface area contributed by atoms with Gasteiger partial charge in [0.2, 0.25) is 0 Å². The molecule has 3 nitrogen and oxygen atoms in total. The van der Waals surface area contributed by atoms with Gasteiger partial charge in [0.15, 0.2) is 5.78 Å². The minimum Gasteiger partial charge on any atom is -0.311 e. The molecule has 0 aromatic heterocycles. The van der Waals surface area contributed by atoms with E-state index in [1.807, 2.05) is 12.1 Å². The number of nitrogens with one attached hydrogen (secondary N) is 1. The predicted molar refractivity (Wildman–Crippen MR) is 89.8 cm³/mol. The molecule has 1 N–H and O–H groups in total. The molecule has 0 spiro atoms. The molecule has 0 fully saturated rings.